The van der Waals surface area contributed by atoms with E-state index in [1.54, 1.807) is 0 Å². The molecule has 8 aromatic carbocycles. The fourth-order valence-electron chi connectivity index (χ4n) is 10.0. The molecule has 8 aromatic rings. The van der Waals surface area contributed by atoms with E-state index in [-0.39, 0.29) is 10.8 Å². The van der Waals surface area contributed by atoms with Crippen molar-refractivity contribution in [2.45, 2.75) is 51.4 Å². The van der Waals surface area contributed by atoms with Gasteiger partial charge in [0, 0.05) is 33.6 Å². The Morgan fingerprint density at radius 2 is 1.07 bits per heavy atom. The first kappa shape index (κ1) is 33.0. The summed E-state index contributed by atoms with van der Waals surface area (Å²) in [7, 11) is 0. The lowest BCUT2D eigenvalue weighted by atomic mass is 9.64. The van der Waals surface area contributed by atoms with E-state index in [1.165, 1.54) is 82.8 Å². The van der Waals surface area contributed by atoms with Crippen molar-refractivity contribution < 1.29 is 0 Å². The minimum Gasteiger partial charge on any atom is -0.313 e. The highest BCUT2D eigenvalue weighted by atomic mass is 15.2. The van der Waals surface area contributed by atoms with Gasteiger partial charge in [0.1, 0.15) is 0 Å². The molecule has 2 nitrogen and oxygen atoms in total. The van der Waals surface area contributed by atoms with Gasteiger partial charge in [0.2, 0.25) is 0 Å². The molecular formula is C54H44N2. The van der Waals surface area contributed by atoms with Crippen LogP contribution in [-0.4, -0.2) is 0 Å². The van der Waals surface area contributed by atoms with E-state index >= 15 is 0 Å². The van der Waals surface area contributed by atoms with Gasteiger partial charge in [-0.1, -0.05) is 143 Å². The molecular weight excluding hydrogens is 677 g/mol. The fraction of sp³-hybridized carbons (Fsp3) is 0.148. The second-order valence-corrected chi connectivity index (χ2v) is 16.9. The summed E-state index contributed by atoms with van der Waals surface area (Å²) in [5.41, 5.74) is 15.3. The molecule has 0 N–H and O–H groups in total. The van der Waals surface area contributed by atoms with Crippen molar-refractivity contribution in [3.63, 3.8) is 0 Å². The average Bonchev–Trinajstić information content (AvgIpc) is 3.23. The van der Waals surface area contributed by atoms with Crippen LogP contribution in [0.3, 0.4) is 0 Å². The lowest BCUT2D eigenvalue weighted by Crippen LogP contribution is -2.41. The molecule has 0 amide bonds. The van der Waals surface area contributed by atoms with E-state index in [0.717, 1.165) is 29.9 Å². The zero-order valence-electron chi connectivity index (χ0n) is 32.5. The highest BCUT2D eigenvalue weighted by Crippen LogP contribution is 2.60. The van der Waals surface area contributed by atoms with Crippen molar-refractivity contribution in [1.82, 2.24) is 0 Å². The lowest BCUT2D eigenvalue weighted by Gasteiger charge is -2.51. The highest BCUT2D eigenvalue weighted by Gasteiger charge is 2.46. The second-order valence-electron chi connectivity index (χ2n) is 16.9. The molecule has 1 aliphatic carbocycles. The summed E-state index contributed by atoms with van der Waals surface area (Å²) in [5.74, 6) is 0. The first-order valence-electron chi connectivity index (χ1n) is 20.1. The standard InChI is InChI=1S/C54H44N2/c1-53(2)46-22-11-12-23-50(46)56-51-29-28-43(55(41-26-24-35-14-5-7-17-38(35)30-41)42-27-25-36-15-6-8-18-39(36)31-42)34-47(51)54(3,4)49-33-40(32-48(53)52(49)56)45-21-13-19-37-16-9-10-20-44(37)45/h5-11,13-22,24-34H,12,23H2,1-4H3. The third kappa shape index (κ3) is 4.81. The van der Waals surface area contributed by atoms with Crippen LogP contribution in [0.15, 0.2) is 181 Å². The molecule has 2 aliphatic heterocycles. The van der Waals surface area contributed by atoms with Gasteiger partial charge in [0.25, 0.3) is 0 Å². The number of rotatable bonds is 4. The Labute approximate surface area is 329 Å². The Bertz CT molecular complexity index is 2910. The molecule has 0 saturated carbocycles. The summed E-state index contributed by atoms with van der Waals surface area (Å²) in [4.78, 5) is 5.11. The number of hydrogen-bond acceptors (Lipinski definition) is 2. The van der Waals surface area contributed by atoms with Crippen molar-refractivity contribution >= 4 is 60.8 Å². The van der Waals surface area contributed by atoms with Gasteiger partial charge in [-0.2, -0.15) is 0 Å². The first-order chi connectivity index (χ1) is 27.3. The lowest BCUT2D eigenvalue weighted by molar-refractivity contribution is 0.576. The van der Waals surface area contributed by atoms with Crippen molar-refractivity contribution in [1.29, 1.82) is 0 Å². The van der Waals surface area contributed by atoms with Crippen molar-refractivity contribution in [2.75, 3.05) is 9.80 Å². The second kappa shape index (κ2) is 12.1. The van der Waals surface area contributed by atoms with Crippen LogP contribution in [0.25, 0.3) is 43.4 Å². The van der Waals surface area contributed by atoms with Gasteiger partial charge in [0.05, 0.1) is 11.4 Å². The van der Waals surface area contributed by atoms with Gasteiger partial charge >= 0.3 is 0 Å². The molecule has 0 spiro atoms. The van der Waals surface area contributed by atoms with Crippen LogP contribution in [0.2, 0.25) is 0 Å². The monoisotopic (exact) mass is 720 g/mol. The normalized spacial score (nSPS) is 16.2. The summed E-state index contributed by atoms with van der Waals surface area (Å²) < 4.78 is 0. The molecule has 0 radical (unpaired) electrons. The Balaban J connectivity index is 1.17. The molecule has 2 heterocycles. The molecule has 0 fully saturated rings. The minimum atomic E-state index is -0.288. The number of fused-ring (bicyclic) bond motifs is 6. The van der Waals surface area contributed by atoms with Gasteiger partial charge in [-0.25, -0.2) is 0 Å². The third-order valence-electron chi connectivity index (χ3n) is 13.0. The van der Waals surface area contributed by atoms with Crippen LogP contribution in [-0.2, 0) is 10.8 Å². The number of nitrogens with zero attached hydrogens (tertiary/aromatic N) is 2. The fourth-order valence-corrected chi connectivity index (χ4v) is 10.0. The maximum absolute atomic E-state index is 2.66. The average molecular weight is 721 g/mol. The SMILES string of the molecule is CC1(C)C2=C(CCC=C2)N2c3ccc(N(c4ccc5ccccc5c4)c4ccc5ccccc5c4)cc3C(C)(C)c3cc(-c4cccc5ccccc45)cc1c32. The van der Waals surface area contributed by atoms with E-state index in [4.69, 9.17) is 0 Å². The largest absolute Gasteiger partial charge is 0.313 e. The number of hydrogen-bond donors (Lipinski definition) is 0. The minimum absolute atomic E-state index is 0.149. The summed E-state index contributed by atoms with van der Waals surface area (Å²) in [6, 6.07) is 58.9. The number of allylic oxidation sites excluding steroid dienone is 4. The molecule has 0 bridgehead atoms. The molecule has 0 unspecified atom stereocenters. The molecule has 0 saturated heterocycles. The summed E-state index contributed by atoms with van der Waals surface area (Å²) in [6.07, 6.45) is 6.88. The molecule has 0 aromatic heterocycles. The summed E-state index contributed by atoms with van der Waals surface area (Å²) in [5, 5.41) is 7.52. The van der Waals surface area contributed by atoms with Crippen molar-refractivity contribution in [2.24, 2.45) is 0 Å². The van der Waals surface area contributed by atoms with E-state index in [0.29, 0.717) is 0 Å². The quantitative estimate of drug-likeness (QED) is 0.179. The third-order valence-corrected chi connectivity index (χ3v) is 13.0. The predicted octanol–water partition coefficient (Wildman–Crippen LogP) is 15.0. The first-order valence-corrected chi connectivity index (χ1v) is 20.1. The Morgan fingerprint density at radius 3 is 1.77 bits per heavy atom. The van der Waals surface area contributed by atoms with Gasteiger partial charge in [0.15, 0.2) is 0 Å². The summed E-state index contributed by atoms with van der Waals surface area (Å²) in [6.45, 7) is 9.77. The Hall–Kier alpha value is -6.38. The van der Waals surface area contributed by atoms with E-state index in [9.17, 15) is 0 Å². The maximum Gasteiger partial charge on any atom is 0.0540 e. The number of benzene rings is 8. The smallest absolute Gasteiger partial charge is 0.0540 e. The molecule has 2 heteroatoms. The van der Waals surface area contributed by atoms with Crippen molar-refractivity contribution in [3.8, 4) is 11.1 Å². The number of anilines is 5. The van der Waals surface area contributed by atoms with Crippen LogP contribution in [0, 0.1) is 0 Å². The Morgan fingerprint density at radius 1 is 0.500 bits per heavy atom. The zero-order valence-corrected chi connectivity index (χ0v) is 32.5. The van der Waals surface area contributed by atoms with Gasteiger partial charge in [-0.05, 0) is 133 Å². The molecule has 11 rings (SSSR count). The maximum atomic E-state index is 2.66. The van der Waals surface area contributed by atoms with Gasteiger partial charge in [-0.15, -0.1) is 0 Å². The van der Waals surface area contributed by atoms with Crippen LogP contribution in [0.5, 0.6) is 0 Å². The van der Waals surface area contributed by atoms with Crippen LogP contribution in [0.4, 0.5) is 28.4 Å². The van der Waals surface area contributed by atoms with Gasteiger partial charge in [-0.3, -0.25) is 0 Å². The molecule has 270 valence electrons. The van der Waals surface area contributed by atoms with Crippen LogP contribution < -0.4 is 9.80 Å². The Kier molecular flexibility index (Phi) is 7.11. The molecule has 3 aliphatic rings. The molecule has 0 atom stereocenters. The zero-order chi connectivity index (χ0) is 37.8. The highest BCUT2D eigenvalue weighted by molar-refractivity contribution is 5.99. The van der Waals surface area contributed by atoms with E-state index < -0.39 is 0 Å². The van der Waals surface area contributed by atoms with Crippen molar-refractivity contribution in [3.05, 3.63) is 198 Å². The van der Waals surface area contributed by atoms with Crippen LogP contribution in [0.1, 0.15) is 57.2 Å². The molecule has 56 heavy (non-hydrogen) atoms. The topological polar surface area (TPSA) is 6.48 Å². The summed E-state index contributed by atoms with van der Waals surface area (Å²) >= 11 is 0. The van der Waals surface area contributed by atoms with E-state index in [1.807, 2.05) is 0 Å². The van der Waals surface area contributed by atoms with Gasteiger partial charge < -0.3 is 9.80 Å². The van der Waals surface area contributed by atoms with Crippen LogP contribution >= 0.6 is 0 Å². The van der Waals surface area contributed by atoms with E-state index in [2.05, 4.69) is 207 Å². The predicted molar refractivity (Wildman–Crippen MR) is 238 cm³/mol.